The van der Waals surface area contributed by atoms with Gasteiger partial charge in [-0.25, -0.2) is 0 Å². The van der Waals surface area contributed by atoms with Gasteiger partial charge in [-0.1, -0.05) is 49.9 Å². The second kappa shape index (κ2) is 7.05. The summed E-state index contributed by atoms with van der Waals surface area (Å²) in [5.74, 6) is 0.311. The van der Waals surface area contributed by atoms with Crippen molar-refractivity contribution < 1.29 is 4.79 Å². The highest BCUT2D eigenvalue weighted by Gasteiger charge is 2.19. The van der Waals surface area contributed by atoms with Crippen molar-refractivity contribution in [1.29, 1.82) is 0 Å². The summed E-state index contributed by atoms with van der Waals surface area (Å²) in [4.78, 5) is 12.6. The molecule has 0 saturated carbocycles. The molecule has 0 unspecified atom stereocenters. The van der Waals surface area contributed by atoms with Crippen molar-refractivity contribution in [3.8, 4) is 0 Å². The van der Waals surface area contributed by atoms with E-state index < -0.39 is 0 Å². The molecule has 1 N–H and O–H groups in total. The first kappa shape index (κ1) is 16.5. The number of pyridine rings is 1. The maximum absolute atomic E-state index is 12.6. The number of amides is 1. The van der Waals surface area contributed by atoms with Crippen LogP contribution >= 0.6 is 11.8 Å². The van der Waals surface area contributed by atoms with Crippen molar-refractivity contribution in [2.75, 3.05) is 5.32 Å². The molecule has 0 spiro atoms. The maximum Gasteiger partial charge on any atom is 0.237 e. The Balaban J connectivity index is 1.74. The average Bonchev–Trinajstić information content (AvgIpc) is 2.98. The number of para-hydroxylation sites is 1. The van der Waals surface area contributed by atoms with E-state index in [0.717, 1.165) is 16.9 Å². The molecule has 6 heteroatoms. The number of carbonyl (C=O) groups excluding carboxylic acids is 1. The van der Waals surface area contributed by atoms with Crippen LogP contribution in [0.1, 0.15) is 32.3 Å². The summed E-state index contributed by atoms with van der Waals surface area (Å²) < 4.78 is 1.89. The minimum absolute atomic E-state index is 0.0409. The molecule has 1 aromatic carbocycles. The number of benzene rings is 1. The Morgan fingerprint density at radius 2 is 1.83 bits per heavy atom. The summed E-state index contributed by atoms with van der Waals surface area (Å²) in [6, 6.07) is 13.6. The fraction of sp³-hybridized carbons (Fsp3) is 0.278. The molecule has 1 amide bonds. The van der Waals surface area contributed by atoms with Crippen LogP contribution in [0.5, 0.6) is 0 Å². The quantitative estimate of drug-likeness (QED) is 0.714. The Hall–Kier alpha value is -2.34. The predicted molar refractivity (Wildman–Crippen MR) is 97.5 cm³/mol. The molecule has 2 aromatic heterocycles. The van der Waals surface area contributed by atoms with E-state index in [1.54, 1.807) is 0 Å². The molecule has 0 aliphatic carbocycles. The average molecular weight is 340 g/mol. The molecule has 3 rings (SSSR count). The van der Waals surface area contributed by atoms with E-state index in [1.165, 1.54) is 11.8 Å². The van der Waals surface area contributed by atoms with Gasteiger partial charge in [0.2, 0.25) is 5.91 Å². The smallest absolute Gasteiger partial charge is 0.237 e. The Bertz CT molecular complexity index is 859. The lowest BCUT2D eigenvalue weighted by atomic mass is 10.0. The van der Waals surface area contributed by atoms with E-state index in [0.29, 0.717) is 11.1 Å². The first-order chi connectivity index (χ1) is 11.6. The second-order valence-electron chi connectivity index (χ2n) is 5.90. The Kier molecular flexibility index (Phi) is 4.85. The largest absolute Gasteiger partial charge is 0.325 e. The Morgan fingerprint density at radius 1 is 1.08 bits per heavy atom. The van der Waals surface area contributed by atoms with Gasteiger partial charge in [0.25, 0.3) is 0 Å². The topological polar surface area (TPSA) is 59.3 Å². The van der Waals surface area contributed by atoms with Crippen LogP contribution in [-0.2, 0) is 4.79 Å². The van der Waals surface area contributed by atoms with Crippen LogP contribution in [0.2, 0.25) is 0 Å². The van der Waals surface area contributed by atoms with Gasteiger partial charge in [0.05, 0.1) is 5.25 Å². The van der Waals surface area contributed by atoms with Gasteiger partial charge in [0.15, 0.2) is 10.8 Å². The lowest BCUT2D eigenvalue weighted by Crippen LogP contribution is -2.23. The number of anilines is 1. The number of fused-ring (bicyclic) bond motifs is 1. The molecule has 124 valence electrons. The molecular formula is C18H20N4OS. The number of aromatic nitrogens is 3. The molecule has 0 aliphatic rings. The molecule has 0 bridgehead atoms. The predicted octanol–water partition coefficient (Wildman–Crippen LogP) is 3.97. The number of hydrogen-bond donors (Lipinski definition) is 1. The summed E-state index contributed by atoms with van der Waals surface area (Å²) in [6.45, 7) is 6.11. The van der Waals surface area contributed by atoms with Gasteiger partial charge in [0.1, 0.15) is 0 Å². The lowest BCUT2D eigenvalue weighted by Gasteiger charge is -2.16. The number of rotatable bonds is 5. The van der Waals surface area contributed by atoms with E-state index in [-0.39, 0.29) is 11.2 Å². The summed E-state index contributed by atoms with van der Waals surface area (Å²) >= 11 is 1.40. The molecule has 1 atom stereocenters. The summed E-state index contributed by atoms with van der Waals surface area (Å²) in [5.41, 5.74) is 2.78. The van der Waals surface area contributed by atoms with Crippen molar-refractivity contribution in [1.82, 2.24) is 14.6 Å². The SMILES string of the molecule is CC(C)c1ccccc1NC(=O)[C@H](C)Sc1nnc2ccccn12. The van der Waals surface area contributed by atoms with Gasteiger partial charge in [-0.15, -0.1) is 10.2 Å². The number of carbonyl (C=O) groups is 1. The highest BCUT2D eigenvalue weighted by molar-refractivity contribution is 8.00. The van der Waals surface area contributed by atoms with Crippen molar-refractivity contribution in [2.45, 2.75) is 37.1 Å². The van der Waals surface area contributed by atoms with Gasteiger partial charge in [-0.3, -0.25) is 9.20 Å². The molecule has 24 heavy (non-hydrogen) atoms. The van der Waals surface area contributed by atoms with E-state index in [9.17, 15) is 4.79 Å². The summed E-state index contributed by atoms with van der Waals surface area (Å²) in [6.07, 6.45) is 1.90. The molecule has 5 nitrogen and oxygen atoms in total. The van der Waals surface area contributed by atoms with Gasteiger partial charge in [0, 0.05) is 11.9 Å². The van der Waals surface area contributed by atoms with Gasteiger partial charge < -0.3 is 5.32 Å². The normalized spacial score (nSPS) is 12.5. The lowest BCUT2D eigenvalue weighted by molar-refractivity contribution is -0.115. The monoisotopic (exact) mass is 340 g/mol. The van der Waals surface area contributed by atoms with Crippen LogP contribution in [-0.4, -0.2) is 25.8 Å². The van der Waals surface area contributed by atoms with Crippen LogP contribution in [0.15, 0.2) is 53.8 Å². The first-order valence-electron chi connectivity index (χ1n) is 7.92. The van der Waals surface area contributed by atoms with Crippen molar-refractivity contribution >= 4 is 29.0 Å². The Labute approximate surface area is 145 Å². The van der Waals surface area contributed by atoms with Crippen LogP contribution in [0.25, 0.3) is 5.65 Å². The molecule has 2 heterocycles. The van der Waals surface area contributed by atoms with Crippen molar-refractivity contribution in [2.24, 2.45) is 0 Å². The molecule has 0 aliphatic heterocycles. The number of hydrogen-bond acceptors (Lipinski definition) is 4. The van der Waals surface area contributed by atoms with E-state index in [4.69, 9.17) is 0 Å². The van der Waals surface area contributed by atoms with Crippen molar-refractivity contribution in [3.63, 3.8) is 0 Å². The van der Waals surface area contributed by atoms with Crippen LogP contribution in [0.3, 0.4) is 0 Å². The van der Waals surface area contributed by atoms with Crippen molar-refractivity contribution in [3.05, 3.63) is 54.2 Å². The number of thioether (sulfide) groups is 1. The van der Waals surface area contributed by atoms with E-state index >= 15 is 0 Å². The molecule has 3 aromatic rings. The summed E-state index contributed by atoms with van der Waals surface area (Å²) in [5, 5.41) is 11.7. The highest BCUT2D eigenvalue weighted by Crippen LogP contribution is 2.26. The summed E-state index contributed by atoms with van der Waals surface area (Å²) in [7, 11) is 0. The molecular weight excluding hydrogens is 320 g/mol. The zero-order valence-electron chi connectivity index (χ0n) is 13.9. The van der Waals surface area contributed by atoms with Crippen LogP contribution in [0.4, 0.5) is 5.69 Å². The van der Waals surface area contributed by atoms with Crippen LogP contribution in [0, 0.1) is 0 Å². The third kappa shape index (κ3) is 3.43. The third-order valence-electron chi connectivity index (χ3n) is 3.77. The Morgan fingerprint density at radius 3 is 2.62 bits per heavy atom. The van der Waals surface area contributed by atoms with Gasteiger partial charge in [-0.05, 0) is 36.6 Å². The van der Waals surface area contributed by atoms with Crippen LogP contribution < -0.4 is 5.32 Å². The molecule has 0 radical (unpaired) electrons. The zero-order valence-corrected chi connectivity index (χ0v) is 14.7. The molecule has 0 fully saturated rings. The maximum atomic E-state index is 12.6. The van der Waals surface area contributed by atoms with Gasteiger partial charge >= 0.3 is 0 Å². The zero-order chi connectivity index (χ0) is 17.1. The minimum atomic E-state index is -0.280. The highest BCUT2D eigenvalue weighted by atomic mass is 32.2. The minimum Gasteiger partial charge on any atom is -0.325 e. The second-order valence-corrected chi connectivity index (χ2v) is 7.21. The van der Waals surface area contributed by atoms with Gasteiger partial charge in [-0.2, -0.15) is 0 Å². The first-order valence-corrected chi connectivity index (χ1v) is 8.80. The fourth-order valence-corrected chi connectivity index (χ4v) is 3.30. The van der Waals surface area contributed by atoms with E-state index in [1.807, 2.05) is 60.0 Å². The number of nitrogens with zero attached hydrogens (tertiary/aromatic N) is 3. The van der Waals surface area contributed by atoms with E-state index in [2.05, 4.69) is 29.4 Å². The number of nitrogens with one attached hydrogen (secondary N) is 1. The standard InChI is InChI=1S/C18H20N4OS/c1-12(2)14-8-4-5-9-15(14)19-17(23)13(3)24-18-21-20-16-10-6-7-11-22(16)18/h4-13H,1-3H3,(H,19,23)/t13-/m0/s1. The molecule has 0 saturated heterocycles. The third-order valence-corrected chi connectivity index (χ3v) is 4.83. The fourth-order valence-electron chi connectivity index (χ4n) is 2.46.